The zero-order valence-electron chi connectivity index (χ0n) is 23.0. The first-order valence-electron chi connectivity index (χ1n) is 12.6. The van der Waals surface area contributed by atoms with Crippen LogP contribution in [-0.4, -0.2) is 106 Å². The molecular weight excluding hydrogens is 550 g/mol. The number of carbonyl (C=O) groups is 8. The zero-order valence-corrected chi connectivity index (χ0v) is 23.0. The largest absolute Gasteiger partial charge is 0.481 e. The van der Waals surface area contributed by atoms with E-state index >= 15 is 0 Å². The highest BCUT2D eigenvalue weighted by molar-refractivity contribution is 5.96. The Morgan fingerprint density at radius 3 is 1.80 bits per heavy atom. The van der Waals surface area contributed by atoms with Gasteiger partial charge in [0, 0.05) is 6.42 Å². The number of primary amides is 1. The minimum atomic E-state index is -1.74. The highest BCUT2D eigenvalue weighted by atomic mass is 16.4. The highest BCUT2D eigenvalue weighted by Crippen LogP contribution is 2.05. The van der Waals surface area contributed by atoms with Gasteiger partial charge in [0.2, 0.25) is 35.4 Å². The Morgan fingerprint density at radius 2 is 1.32 bits per heavy atom. The van der Waals surface area contributed by atoms with Crippen LogP contribution in [0.3, 0.4) is 0 Å². The van der Waals surface area contributed by atoms with Gasteiger partial charge in [-0.25, -0.2) is 4.79 Å². The van der Waals surface area contributed by atoms with E-state index in [0.29, 0.717) is 0 Å². The summed E-state index contributed by atoms with van der Waals surface area (Å²) in [6.45, 7) is 3.51. The third-order valence-electron chi connectivity index (χ3n) is 5.37. The summed E-state index contributed by atoms with van der Waals surface area (Å²) in [7, 11) is 0. The van der Waals surface area contributed by atoms with Gasteiger partial charge < -0.3 is 53.4 Å². The van der Waals surface area contributed by atoms with Gasteiger partial charge in [-0.15, -0.1) is 0 Å². The second kappa shape index (κ2) is 18.1. The van der Waals surface area contributed by atoms with Crippen LogP contribution in [0.2, 0.25) is 0 Å². The molecule has 0 aliphatic heterocycles. The van der Waals surface area contributed by atoms with Crippen molar-refractivity contribution < 1.29 is 53.7 Å². The van der Waals surface area contributed by atoms with Crippen molar-refractivity contribution in [1.29, 1.82) is 0 Å². The van der Waals surface area contributed by atoms with Gasteiger partial charge in [0.05, 0.1) is 19.6 Å². The summed E-state index contributed by atoms with van der Waals surface area (Å²) in [6.07, 6.45) is -1.50. The van der Waals surface area contributed by atoms with E-state index in [1.807, 2.05) is 5.32 Å². The topological polar surface area (TPSA) is 309 Å². The monoisotopic (exact) mass is 589 g/mol. The third kappa shape index (κ3) is 15.2. The summed E-state index contributed by atoms with van der Waals surface area (Å²) in [5, 5.41) is 38.4. The van der Waals surface area contributed by atoms with E-state index in [1.54, 1.807) is 13.8 Å². The highest BCUT2D eigenvalue weighted by Gasteiger charge is 2.30. The maximum atomic E-state index is 12.5. The van der Waals surface area contributed by atoms with Crippen LogP contribution in [0.4, 0.5) is 0 Å². The molecule has 12 N–H and O–H groups in total. The van der Waals surface area contributed by atoms with Crippen LogP contribution in [0, 0.1) is 5.92 Å². The van der Waals surface area contributed by atoms with Gasteiger partial charge >= 0.3 is 11.9 Å². The van der Waals surface area contributed by atoms with Crippen molar-refractivity contribution in [2.45, 2.75) is 76.7 Å². The van der Waals surface area contributed by atoms with Gasteiger partial charge in [-0.1, -0.05) is 13.8 Å². The van der Waals surface area contributed by atoms with Crippen molar-refractivity contribution in [3.05, 3.63) is 0 Å². The van der Waals surface area contributed by atoms with Crippen molar-refractivity contribution in [3.63, 3.8) is 0 Å². The normalized spacial score (nSPS) is 14.4. The fourth-order valence-electron chi connectivity index (χ4n) is 3.21. The lowest BCUT2D eigenvalue weighted by atomic mass is 10.0. The minimum Gasteiger partial charge on any atom is -0.481 e. The van der Waals surface area contributed by atoms with E-state index in [1.165, 1.54) is 6.92 Å². The third-order valence-corrected chi connectivity index (χ3v) is 5.37. The average molecular weight is 590 g/mol. The molecule has 0 fully saturated rings. The molecule has 0 saturated heterocycles. The first-order valence-corrected chi connectivity index (χ1v) is 12.6. The molecule has 0 rings (SSSR count). The maximum absolute atomic E-state index is 12.5. The van der Waals surface area contributed by atoms with E-state index < -0.39 is 97.2 Å². The number of rotatable bonds is 19. The fraction of sp³-hybridized carbons (Fsp3) is 0.652. The number of aliphatic hydroxyl groups excluding tert-OH is 1. The number of nitrogens with one attached hydrogen (secondary N) is 5. The SMILES string of the molecule is CC(C)C[C@H](NC(=O)[C@@H](N)CO)C(=O)NCC(=O)N[C@@H](C)C(=O)N[C@@H](CC(=O)O)C(=O)N[C@@H](CCC(N)=O)C(=O)O. The molecule has 0 saturated carbocycles. The van der Waals surface area contributed by atoms with Crippen LogP contribution < -0.4 is 38.1 Å². The summed E-state index contributed by atoms with van der Waals surface area (Å²) in [5.74, 6) is -8.41. The Hall–Kier alpha value is -4.32. The molecule has 0 spiro atoms. The summed E-state index contributed by atoms with van der Waals surface area (Å²) in [5.41, 5.74) is 10.4. The van der Waals surface area contributed by atoms with Gasteiger partial charge in [-0.3, -0.25) is 33.6 Å². The predicted octanol–water partition coefficient (Wildman–Crippen LogP) is -4.75. The van der Waals surface area contributed by atoms with Crippen LogP contribution in [0.25, 0.3) is 0 Å². The Kier molecular flexibility index (Phi) is 16.2. The number of hydrogen-bond donors (Lipinski definition) is 10. The van der Waals surface area contributed by atoms with Crippen molar-refractivity contribution in [1.82, 2.24) is 26.6 Å². The van der Waals surface area contributed by atoms with E-state index in [0.717, 1.165) is 0 Å². The standard InChI is InChI=1S/C23H39N7O11/c1-10(2)6-14(30-20(37)12(24)9-31)21(38)26-8-17(33)27-11(3)19(36)29-15(7-18(34)35)22(39)28-13(23(40)41)4-5-16(25)32/h10-15,31H,4-9,24H2,1-3H3,(H2,25,32)(H,26,38)(H,27,33)(H,28,39)(H,29,36)(H,30,37)(H,34,35)(H,40,41)/t11-,12-,13-,14-,15-/m0/s1. The van der Waals surface area contributed by atoms with Crippen molar-refractivity contribution in [3.8, 4) is 0 Å². The number of nitrogens with two attached hydrogens (primary N) is 2. The van der Waals surface area contributed by atoms with E-state index in [4.69, 9.17) is 21.7 Å². The molecule has 0 bridgehead atoms. The fourth-order valence-corrected chi connectivity index (χ4v) is 3.21. The number of amides is 6. The molecule has 18 nitrogen and oxygen atoms in total. The van der Waals surface area contributed by atoms with Crippen molar-refractivity contribution in [2.75, 3.05) is 13.2 Å². The van der Waals surface area contributed by atoms with E-state index in [-0.39, 0.29) is 25.2 Å². The number of carboxylic acids is 2. The molecule has 0 aromatic rings. The quantitative estimate of drug-likeness (QED) is 0.0679. The van der Waals surface area contributed by atoms with Crippen LogP contribution >= 0.6 is 0 Å². The van der Waals surface area contributed by atoms with Crippen molar-refractivity contribution in [2.24, 2.45) is 17.4 Å². The molecule has 0 aliphatic carbocycles. The molecule has 18 heteroatoms. The lowest BCUT2D eigenvalue weighted by Gasteiger charge is -2.23. The summed E-state index contributed by atoms with van der Waals surface area (Å²) >= 11 is 0. The Labute approximate surface area is 235 Å². The number of aliphatic carboxylic acids is 2. The van der Waals surface area contributed by atoms with Gasteiger partial charge in [0.1, 0.15) is 30.2 Å². The number of aliphatic hydroxyl groups is 1. The lowest BCUT2D eigenvalue weighted by Crippen LogP contribution is -2.57. The van der Waals surface area contributed by atoms with Crippen LogP contribution in [0.15, 0.2) is 0 Å². The summed E-state index contributed by atoms with van der Waals surface area (Å²) in [4.78, 5) is 95.4. The second-order valence-corrected chi connectivity index (χ2v) is 9.55. The molecule has 0 radical (unpaired) electrons. The van der Waals surface area contributed by atoms with Gasteiger partial charge in [-0.05, 0) is 25.7 Å². The lowest BCUT2D eigenvalue weighted by molar-refractivity contribution is -0.143. The van der Waals surface area contributed by atoms with Gasteiger partial charge in [-0.2, -0.15) is 0 Å². The maximum Gasteiger partial charge on any atom is 0.326 e. The van der Waals surface area contributed by atoms with E-state index in [9.17, 15) is 43.5 Å². The summed E-state index contributed by atoms with van der Waals surface area (Å²) < 4.78 is 0. The molecule has 232 valence electrons. The molecular formula is C23H39N7O11. The Morgan fingerprint density at radius 1 is 0.756 bits per heavy atom. The molecule has 0 aliphatic rings. The van der Waals surface area contributed by atoms with Crippen LogP contribution in [0.5, 0.6) is 0 Å². The second-order valence-electron chi connectivity index (χ2n) is 9.55. The smallest absolute Gasteiger partial charge is 0.326 e. The molecule has 0 aromatic carbocycles. The van der Waals surface area contributed by atoms with Crippen LogP contribution in [-0.2, 0) is 38.4 Å². The Balaban J connectivity index is 5.18. The van der Waals surface area contributed by atoms with E-state index in [2.05, 4.69) is 21.3 Å². The van der Waals surface area contributed by atoms with Crippen molar-refractivity contribution >= 4 is 47.4 Å². The Bertz CT molecular complexity index is 989. The van der Waals surface area contributed by atoms with Crippen LogP contribution in [0.1, 0.15) is 46.5 Å². The first kappa shape index (κ1) is 36.7. The molecule has 6 amide bonds. The number of carbonyl (C=O) groups excluding carboxylic acids is 6. The number of hydrogen-bond acceptors (Lipinski definition) is 10. The molecule has 41 heavy (non-hydrogen) atoms. The minimum absolute atomic E-state index is 0.0428. The molecule has 5 atom stereocenters. The molecule has 0 aromatic heterocycles. The number of carboxylic acid groups (broad SMARTS) is 2. The zero-order chi connectivity index (χ0) is 31.9. The van der Waals surface area contributed by atoms with Gasteiger partial charge in [0.15, 0.2) is 0 Å². The molecule has 0 heterocycles. The molecule has 0 unspecified atom stereocenters. The van der Waals surface area contributed by atoms with Gasteiger partial charge in [0.25, 0.3) is 0 Å². The average Bonchev–Trinajstić information content (AvgIpc) is 2.86. The first-order chi connectivity index (χ1) is 19.0. The summed E-state index contributed by atoms with van der Waals surface area (Å²) in [6, 6.07) is -6.98. The predicted molar refractivity (Wildman–Crippen MR) is 139 cm³/mol.